The number of carbonyl (C=O) groups is 2. The minimum atomic E-state index is -0.00369. The predicted octanol–water partition coefficient (Wildman–Crippen LogP) is 2.22. The molecule has 2 fully saturated rings. The van der Waals surface area contributed by atoms with E-state index in [1.54, 1.807) is 11.0 Å². The molecule has 4 rings (SSSR count). The molecule has 0 radical (unpaired) electrons. The maximum absolute atomic E-state index is 12.7. The minimum absolute atomic E-state index is 0.00369. The van der Waals surface area contributed by atoms with Crippen molar-refractivity contribution in [2.24, 2.45) is 5.92 Å². The number of nitrogens with zero attached hydrogens (tertiary/aromatic N) is 5. The molecule has 0 N–H and O–H groups in total. The molecule has 2 aromatic rings. The second kappa shape index (κ2) is 9.07. The number of rotatable bonds is 7. The Morgan fingerprint density at radius 1 is 1.03 bits per heavy atom. The normalized spacial score (nSPS) is 16.3. The van der Waals surface area contributed by atoms with Gasteiger partial charge >= 0.3 is 0 Å². The summed E-state index contributed by atoms with van der Waals surface area (Å²) in [6.45, 7) is 6.88. The number of hydrogen-bond donors (Lipinski definition) is 0. The molecule has 156 valence electrons. The number of benzene rings is 1. The SMILES string of the molecule is C=CCN(CC(=O)N1CCN(c2ccc(-c3ccccc3)nn2)CC1)C(=O)C1CC1. The lowest BCUT2D eigenvalue weighted by atomic mass is 10.1. The summed E-state index contributed by atoms with van der Waals surface area (Å²) in [7, 11) is 0. The van der Waals surface area contributed by atoms with Gasteiger partial charge in [0.2, 0.25) is 11.8 Å². The Morgan fingerprint density at radius 2 is 1.77 bits per heavy atom. The van der Waals surface area contributed by atoms with Crippen LogP contribution >= 0.6 is 0 Å². The molecule has 0 spiro atoms. The van der Waals surface area contributed by atoms with Gasteiger partial charge in [0, 0.05) is 44.2 Å². The Bertz CT molecular complexity index is 888. The van der Waals surface area contributed by atoms with Crippen molar-refractivity contribution < 1.29 is 9.59 Å². The Morgan fingerprint density at radius 3 is 2.37 bits per heavy atom. The second-order valence-electron chi connectivity index (χ2n) is 7.79. The molecule has 1 aliphatic carbocycles. The molecule has 7 heteroatoms. The summed E-state index contributed by atoms with van der Waals surface area (Å²) in [5.74, 6) is 0.998. The molecule has 2 heterocycles. The first-order valence-corrected chi connectivity index (χ1v) is 10.5. The van der Waals surface area contributed by atoms with Gasteiger partial charge in [0.25, 0.3) is 0 Å². The molecule has 0 unspecified atom stereocenters. The van der Waals surface area contributed by atoms with Crippen LogP contribution in [0, 0.1) is 5.92 Å². The monoisotopic (exact) mass is 405 g/mol. The van der Waals surface area contributed by atoms with E-state index in [0.29, 0.717) is 32.7 Å². The van der Waals surface area contributed by atoms with Crippen LogP contribution in [0.25, 0.3) is 11.3 Å². The van der Waals surface area contributed by atoms with Gasteiger partial charge < -0.3 is 14.7 Å². The van der Waals surface area contributed by atoms with Gasteiger partial charge in [0.05, 0.1) is 5.69 Å². The smallest absolute Gasteiger partial charge is 0.242 e. The highest BCUT2D eigenvalue weighted by Crippen LogP contribution is 2.31. The van der Waals surface area contributed by atoms with Crippen LogP contribution in [0.4, 0.5) is 5.82 Å². The number of carbonyl (C=O) groups excluding carboxylic acids is 2. The highest BCUT2D eigenvalue weighted by molar-refractivity contribution is 5.87. The summed E-state index contributed by atoms with van der Waals surface area (Å²) >= 11 is 0. The van der Waals surface area contributed by atoms with E-state index >= 15 is 0 Å². The predicted molar refractivity (Wildman–Crippen MR) is 116 cm³/mol. The van der Waals surface area contributed by atoms with Gasteiger partial charge in [-0.3, -0.25) is 9.59 Å². The molecule has 1 aromatic heterocycles. The van der Waals surface area contributed by atoms with Crippen LogP contribution < -0.4 is 4.90 Å². The maximum atomic E-state index is 12.7. The Labute approximate surface area is 177 Å². The van der Waals surface area contributed by atoms with Gasteiger partial charge in [-0.2, -0.15) is 0 Å². The summed E-state index contributed by atoms with van der Waals surface area (Å²) in [5.41, 5.74) is 1.88. The molecular weight excluding hydrogens is 378 g/mol. The topological polar surface area (TPSA) is 69.6 Å². The molecule has 2 aliphatic rings. The average Bonchev–Trinajstić information content (AvgIpc) is 3.65. The lowest BCUT2D eigenvalue weighted by Crippen LogP contribution is -2.52. The molecule has 7 nitrogen and oxygen atoms in total. The zero-order valence-electron chi connectivity index (χ0n) is 17.1. The van der Waals surface area contributed by atoms with E-state index in [-0.39, 0.29) is 24.3 Å². The molecule has 1 aliphatic heterocycles. The van der Waals surface area contributed by atoms with Crippen LogP contribution in [-0.4, -0.2) is 71.1 Å². The summed E-state index contributed by atoms with van der Waals surface area (Å²) in [4.78, 5) is 30.7. The highest BCUT2D eigenvalue weighted by Gasteiger charge is 2.34. The average molecular weight is 406 g/mol. The van der Waals surface area contributed by atoms with E-state index in [4.69, 9.17) is 0 Å². The third kappa shape index (κ3) is 4.67. The molecule has 1 saturated carbocycles. The second-order valence-corrected chi connectivity index (χ2v) is 7.79. The number of hydrogen-bond acceptors (Lipinski definition) is 5. The standard InChI is InChI=1S/C23H27N5O2/c1-2-12-28(23(30)19-8-9-19)17-22(29)27-15-13-26(14-16-27)21-11-10-20(24-25-21)18-6-4-3-5-7-18/h2-7,10-11,19H,1,8-9,12-17H2. The largest absolute Gasteiger partial charge is 0.352 e. The van der Waals surface area contributed by atoms with Crippen molar-refractivity contribution in [2.45, 2.75) is 12.8 Å². The fraction of sp³-hybridized carbons (Fsp3) is 0.391. The van der Waals surface area contributed by atoms with Crippen LogP contribution in [0.2, 0.25) is 0 Å². The van der Waals surface area contributed by atoms with E-state index < -0.39 is 0 Å². The lowest BCUT2D eigenvalue weighted by molar-refractivity contribution is -0.141. The minimum Gasteiger partial charge on any atom is -0.352 e. The van der Waals surface area contributed by atoms with E-state index in [1.165, 1.54) is 0 Å². The third-order valence-corrected chi connectivity index (χ3v) is 5.59. The molecule has 1 aromatic carbocycles. The lowest BCUT2D eigenvalue weighted by Gasteiger charge is -2.36. The number of piperazine rings is 1. The first kappa shape index (κ1) is 20.1. The van der Waals surface area contributed by atoms with Crippen molar-refractivity contribution >= 4 is 17.6 Å². The van der Waals surface area contributed by atoms with Crippen molar-refractivity contribution in [2.75, 3.05) is 44.2 Å². The Hall–Kier alpha value is -3.22. The first-order valence-electron chi connectivity index (χ1n) is 10.5. The van der Waals surface area contributed by atoms with Gasteiger partial charge in [-0.15, -0.1) is 16.8 Å². The van der Waals surface area contributed by atoms with Gasteiger partial charge in [-0.25, -0.2) is 0 Å². The van der Waals surface area contributed by atoms with Crippen LogP contribution in [0.5, 0.6) is 0 Å². The quantitative estimate of drug-likeness (QED) is 0.661. The summed E-state index contributed by atoms with van der Waals surface area (Å²) in [6.07, 6.45) is 3.55. The van der Waals surface area contributed by atoms with Gasteiger partial charge in [-0.05, 0) is 25.0 Å². The van der Waals surface area contributed by atoms with E-state index in [1.807, 2.05) is 47.4 Å². The van der Waals surface area contributed by atoms with E-state index in [2.05, 4.69) is 21.7 Å². The Kier molecular flexibility index (Phi) is 6.07. The zero-order valence-corrected chi connectivity index (χ0v) is 17.1. The van der Waals surface area contributed by atoms with Crippen molar-refractivity contribution in [1.29, 1.82) is 0 Å². The molecular formula is C23H27N5O2. The maximum Gasteiger partial charge on any atom is 0.242 e. The number of amides is 2. The highest BCUT2D eigenvalue weighted by atomic mass is 16.2. The summed E-state index contributed by atoms with van der Waals surface area (Å²) < 4.78 is 0. The Balaban J connectivity index is 1.31. The number of aromatic nitrogens is 2. The summed E-state index contributed by atoms with van der Waals surface area (Å²) in [5, 5.41) is 8.73. The molecule has 1 saturated heterocycles. The number of anilines is 1. The van der Waals surface area contributed by atoms with Crippen molar-refractivity contribution in [3.05, 3.63) is 55.1 Å². The van der Waals surface area contributed by atoms with E-state index in [9.17, 15) is 9.59 Å². The van der Waals surface area contributed by atoms with Crippen LogP contribution in [0.1, 0.15) is 12.8 Å². The fourth-order valence-electron chi connectivity index (χ4n) is 3.68. The van der Waals surface area contributed by atoms with Crippen LogP contribution in [0.15, 0.2) is 55.1 Å². The van der Waals surface area contributed by atoms with Crippen molar-refractivity contribution in [3.8, 4) is 11.3 Å². The van der Waals surface area contributed by atoms with Crippen molar-refractivity contribution in [1.82, 2.24) is 20.0 Å². The van der Waals surface area contributed by atoms with E-state index in [0.717, 1.165) is 29.9 Å². The van der Waals surface area contributed by atoms with Crippen LogP contribution in [0.3, 0.4) is 0 Å². The van der Waals surface area contributed by atoms with Crippen LogP contribution in [-0.2, 0) is 9.59 Å². The first-order chi connectivity index (χ1) is 14.7. The van der Waals surface area contributed by atoms with Crippen molar-refractivity contribution in [3.63, 3.8) is 0 Å². The van der Waals surface area contributed by atoms with Gasteiger partial charge in [0.15, 0.2) is 5.82 Å². The van der Waals surface area contributed by atoms with Gasteiger partial charge in [0.1, 0.15) is 6.54 Å². The fourth-order valence-corrected chi connectivity index (χ4v) is 3.68. The molecule has 2 amide bonds. The molecule has 0 bridgehead atoms. The molecule has 30 heavy (non-hydrogen) atoms. The van der Waals surface area contributed by atoms with Gasteiger partial charge in [-0.1, -0.05) is 36.4 Å². The molecule has 0 atom stereocenters. The third-order valence-electron chi connectivity index (χ3n) is 5.59. The summed E-state index contributed by atoms with van der Waals surface area (Å²) in [6, 6.07) is 13.9. The zero-order chi connectivity index (χ0) is 20.9.